The predicted octanol–water partition coefficient (Wildman–Crippen LogP) is 3.22. The normalized spacial score (nSPS) is 10.9. The summed E-state index contributed by atoms with van der Waals surface area (Å²) in [7, 11) is 3.80. The monoisotopic (exact) mass is 381 g/mol. The standard InChI is InChI=1S/C18H16ClN7O/c1-25(18-23-22-17(26(18)2)12-6-8-20-9-7-12)11-15-21-16(24-27-15)13-4-3-5-14(19)10-13/h3-10H,11H2,1-2H3. The van der Waals surface area contributed by atoms with Gasteiger partial charge in [0.1, 0.15) is 0 Å². The van der Waals surface area contributed by atoms with Crippen LogP contribution in [-0.2, 0) is 13.6 Å². The lowest BCUT2D eigenvalue weighted by Crippen LogP contribution is -2.20. The Bertz CT molecular complexity index is 1060. The molecule has 1 aromatic carbocycles. The van der Waals surface area contributed by atoms with Gasteiger partial charge in [0.2, 0.25) is 17.7 Å². The minimum atomic E-state index is 0.399. The summed E-state index contributed by atoms with van der Waals surface area (Å²) in [6, 6.07) is 11.1. The average molecular weight is 382 g/mol. The molecule has 4 aromatic rings. The molecule has 0 aliphatic carbocycles. The molecule has 9 heteroatoms. The van der Waals surface area contributed by atoms with Gasteiger partial charge in [-0.25, -0.2) is 0 Å². The van der Waals surface area contributed by atoms with Crippen LogP contribution in [-0.4, -0.2) is 36.9 Å². The van der Waals surface area contributed by atoms with E-state index in [0.29, 0.717) is 29.2 Å². The molecule has 0 saturated carbocycles. The summed E-state index contributed by atoms with van der Waals surface area (Å²) in [5.41, 5.74) is 1.75. The number of anilines is 1. The molecule has 136 valence electrons. The Morgan fingerprint density at radius 2 is 1.93 bits per heavy atom. The van der Waals surface area contributed by atoms with Crippen molar-refractivity contribution >= 4 is 17.5 Å². The van der Waals surface area contributed by atoms with Crippen LogP contribution < -0.4 is 4.90 Å². The smallest absolute Gasteiger partial charge is 0.246 e. The van der Waals surface area contributed by atoms with Crippen LogP contribution in [0.25, 0.3) is 22.8 Å². The maximum absolute atomic E-state index is 6.02. The number of halogens is 1. The highest BCUT2D eigenvalue weighted by Gasteiger charge is 2.17. The van der Waals surface area contributed by atoms with E-state index in [4.69, 9.17) is 16.1 Å². The lowest BCUT2D eigenvalue weighted by Gasteiger charge is -2.15. The number of rotatable bonds is 5. The molecule has 0 radical (unpaired) electrons. The van der Waals surface area contributed by atoms with Crippen molar-refractivity contribution in [2.45, 2.75) is 6.54 Å². The molecule has 0 atom stereocenters. The molecule has 0 aliphatic heterocycles. The van der Waals surface area contributed by atoms with E-state index in [9.17, 15) is 0 Å². The average Bonchev–Trinajstić information content (AvgIpc) is 3.29. The van der Waals surface area contributed by atoms with Gasteiger partial charge in [-0.2, -0.15) is 4.98 Å². The minimum Gasteiger partial charge on any atom is -0.337 e. The summed E-state index contributed by atoms with van der Waals surface area (Å²) >= 11 is 6.02. The van der Waals surface area contributed by atoms with E-state index in [1.165, 1.54) is 0 Å². The van der Waals surface area contributed by atoms with Gasteiger partial charge >= 0.3 is 0 Å². The molecule has 3 aromatic heterocycles. The van der Waals surface area contributed by atoms with Crippen LogP contribution in [0, 0.1) is 0 Å². The minimum absolute atomic E-state index is 0.399. The summed E-state index contributed by atoms with van der Waals surface area (Å²) in [5.74, 6) is 2.41. The zero-order valence-corrected chi connectivity index (χ0v) is 15.5. The molecular weight excluding hydrogens is 366 g/mol. The number of hydrogen-bond donors (Lipinski definition) is 0. The van der Waals surface area contributed by atoms with Crippen LogP contribution in [0.2, 0.25) is 5.02 Å². The molecule has 0 saturated heterocycles. The van der Waals surface area contributed by atoms with Crippen LogP contribution in [0.15, 0.2) is 53.3 Å². The third-order valence-electron chi connectivity index (χ3n) is 4.06. The molecule has 4 rings (SSSR count). The molecule has 0 fully saturated rings. The Hall–Kier alpha value is -3.26. The highest BCUT2D eigenvalue weighted by Crippen LogP contribution is 2.22. The Morgan fingerprint density at radius 3 is 2.70 bits per heavy atom. The van der Waals surface area contributed by atoms with Crippen molar-refractivity contribution in [1.82, 2.24) is 29.9 Å². The van der Waals surface area contributed by atoms with Crippen molar-refractivity contribution in [2.75, 3.05) is 11.9 Å². The first-order valence-electron chi connectivity index (χ1n) is 8.21. The molecule has 27 heavy (non-hydrogen) atoms. The molecule has 0 unspecified atom stereocenters. The molecule has 0 amide bonds. The maximum atomic E-state index is 6.02. The second-order valence-corrected chi connectivity index (χ2v) is 6.43. The fourth-order valence-electron chi connectivity index (χ4n) is 2.74. The van der Waals surface area contributed by atoms with E-state index < -0.39 is 0 Å². The summed E-state index contributed by atoms with van der Waals surface area (Å²) < 4.78 is 7.28. The number of pyridine rings is 1. The summed E-state index contributed by atoms with van der Waals surface area (Å²) in [6.45, 7) is 0.399. The number of aromatic nitrogens is 6. The Balaban J connectivity index is 1.53. The summed E-state index contributed by atoms with van der Waals surface area (Å²) in [5, 5.41) is 13.2. The van der Waals surface area contributed by atoms with Gasteiger partial charge in [-0.3, -0.25) is 9.55 Å². The molecule has 3 heterocycles. The lowest BCUT2D eigenvalue weighted by molar-refractivity contribution is 0.378. The second kappa shape index (κ2) is 7.16. The highest BCUT2D eigenvalue weighted by molar-refractivity contribution is 6.30. The zero-order valence-electron chi connectivity index (χ0n) is 14.7. The first-order chi connectivity index (χ1) is 13.1. The van der Waals surface area contributed by atoms with Crippen molar-refractivity contribution in [2.24, 2.45) is 7.05 Å². The van der Waals surface area contributed by atoms with E-state index in [1.54, 1.807) is 24.5 Å². The molecule has 0 aliphatic rings. The van der Waals surface area contributed by atoms with E-state index in [0.717, 1.165) is 17.0 Å². The van der Waals surface area contributed by atoms with Gasteiger partial charge in [-0.1, -0.05) is 28.9 Å². The lowest BCUT2D eigenvalue weighted by atomic mass is 10.2. The fourth-order valence-corrected chi connectivity index (χ4v) is 2.93. The maximum Gasteiger partial charge on any atom is 0.246 e. The summed E-state index contributed by atoms with van der Waals surface area (Å²) in [6.07, 6.45) is 3.45. The Kier molecular flexibility index (Phi) is 4.55. The molecule has 0 bridgehead atoms. The van der Waals surface area contributed by atoms with Crippen LogP contribution >= 0.6 is 11.6 Å². The van der Waals surface area contributed by atoms with Gasteiger partial charge in [-0.15, -0.1) is 10.2 Å². The van der Waals surface area contributed by atoms with E-state index >= 15 is 0 Å². The van der Waals surface area contributed by atoms with Crippen molar-refractivity contribution in [3.05, 3.63) is 59.7 Å². The van der Waals surface area contributed by atoms with E-state index in [1.807, 2.05) is 47.8 Å². The number of nitrogens with zero attached hydrogens (tertiary/aromatic N) is 7. The van der Waals surface area contributed by atoms with Crippen molar-refractivity contribution < 1.29 is 4.52 Å². The van der Waals surface area contributed by atoms with Crippen molar-refractivity contribution in [1.29, 1.82) is 0 Å². The third-order valence-corrected chi connectivity index (χ3v) is 4.29. The van der Waals surface area contributed by atoms with Crippen LogP contribution in [0.5, 0.6) is 0 Å². The largest absolute Gasteiger partial charge is 0.337 e. The number of hydrogen-bond acceptors (Lipinski definition) is 7. The third kappa shape index (κ3) is 3.52. The Labute approximate surface area is 160 Å². The van der Waals surface area contributed by atoms with Crippen LogP contribution in [0.4, 0.5) is 5.95 Å². The van der Waals surface area contributed by atoms with Crippen LogP contribution in [0.1, 0.15) is 5.89 Å². The SMILES string of the molecule is CN(Cc1nc(-c2cccc(Cl)c2)no1)c1nnc(-c2ccncc2)n1C. The highest BCUT2D eigenvalue weighted by atomic mass is 35.5. The predicted molar refractivity (Wildman–Crippen MR) is 101 cm³/mol. The zero-order chi connectivity index (χ0) is 18.8. The molecule has 0 spiro atoms. The van der Waals surface area contributed by atoms with Gasteiger partial charge in [0.25, 0.3) is 0 Å². The van der Waals surface area contributed by atoms with Gasteiger partial charge in [-0.05, 0) is 24.3 Å². The van der Waals surface area contributed by atoms with Gasteiger partial charge in [0.05, 0.1) is 6.54 Å². The summed E-state index contributed by atoms with van der Waals surface area (Å²) in [4.78, 5) is 10.4. The van der Waals surface area contributed by atoms with E-state index in [-0.39, 0.29) is 0 Å². The van der Waals surface area contributed by atoms with Crippen molar-refractivity contribution in [3.63, 3.8) is 0 Å². The molecule has 0 N–H and O–H groups in total. The Morgan fingerprint density at radius 1 is 1.11 bits per heavy atom. The van der Waals surface area contributed by atoms with Gasteiger partial charge in [0.15, 0.2) is 5.82 Å². The first-order valence-corrected chi connectivity index (χ1v) is 8.59. The quantitative estimate of drug-likeness (QED) is 0.524. The topological polar surface area (TPSA) is 85.8 Å². The fraction of sp³-hybridized carbons (Fsp3) is 0.167. The number of benzene rings is 1. The van der Waals surface area contributed by atoms with Gasteiger partial charge < -0.3 is 9.42 Å². The van der Waals surface area contributed by atoms with Gasteiger partial charge in [0, 0.05) is 42.6 Å². The molecule has 8 nitrogen and oxygen atoms in total. The second-order valence-electron chi connectivity index (χ2n) is 6.00. The van der Waals surface area contributed by atoms with Crippen LogP contribution in [0.3, 0.4) is 0 Å². The first kappa shape index (κ1) is 17.2. The van der Waals surface area contributed by atoms with Crippen molar-refractivity contribution in [3.8, 4) is 22.8 Å². The molecular formula is C18H16ClN7O. The van der Waals surface area contributed by atoms with E-state index in [2.05, 4.69) is 25.3 Å².